The second-order valence-electron chi connectivity index (χ2n) is 7.79. The van der Waals surface area contributed by atoms with Gasteiger partial charge in [0.25, 0.3) is 5.56 Å². The van der Waals surface area contributed by atoms with Crippen molar-refractivity contribution in [2.24, 2.45) is 14.1 Å². The molecule has 3 aromatic heterocycles. The number of aromatic nitrogens is 4. The molecule has 0 fully saturated rings. The van der Waals surface area contributed by atoms with E-state index in [-0.39, 0.29) is 17.3 Å². The van der Waals surface area contributed by atoms with Crippen molar-refractivity contribution in [3.8, 4) is 11.3 Å². The third-order valence-electron chi connectivity index (χ3n) is 5.75. The van der Waals surface area contributed by atoms with Crippen LogP contribution >= 0.6 is 11.3 Å². The van der Waals surface area contributed by atoms with Gasteiger partial charge in [-0.1, -0.05) is 30.3 Å². The molecule has 4 aromatic rings. The van der Waals surface area contributed by atoms with E-state index in [1.807, 2.05) is 42.6 Å². The van der Waals surface area contributed by atoms with Gasteiger partial charge in [-0.05, 0) is 19.4 Å². The number of nitrogens with zero attached hydrogens (tertiary/aromatic N) is 4. The fraction of sp³-hybridized carbons (Fsp3) is 0.318. The van der Waals surface area contributed by atoms with Crippen LogP contribution in [0.15, 0.2) is 45.3 Å². The van der Waals surface area contributed by atoms with Crippen LogP contribution in [-0.4, -0.2) is 25.3 Å². The van der Waals surface area contributed by atoms with Crippen LogP contribution in [0.5, 0.6) is 0 Å². The van der Waals surface area contributed by atoms with Crippen LogP contribution in [0.4, 0.5) is 0 Å². The van der Waals surface area contributed by atoms with Gasteiger partial charge in [0, 0.05) is 25.2 Å². The molecule has 2 atom stereocenters. The molecule has 1 aliphatic rings. The molecule has 0 radical (unpaired) electrons. The molecule has 0 bridgehead atoms. The summed E-state index contributed by atoms with van der Waals surface area (Å²) in [5.41, 5.74) is 3.47. The summed E-state index contributed by atoms with van der Waals surface area (Å²) in [5.74, 6) is 0. The van der Waals surface area contributed by atoms with E-state index in [1.165, 1.54) is 23.0 Å². The number of benzene rings is 1. The lowest BCUT2D eigenvalue weighted by Gasteiger charge is -2.31. The van der Waals surface area contributed by atoms with Crippen molar-refractivity contribution in [1.29, 1.82) is 0 Å². The highest BCUT2D eigenvalue weighted by molar-refractivity contribution is 7.09. The monoisotopic (exact) mass is 422 g/mol. The molecule has 1 aromatic carbocycles. The molecule has 5 rings (SSSR count). The van der Waals surface area contributed by atoms with Crippen LogP contribution in [0.1, 0.15) is 35.5 Å². The maximum Gasteiger partial charge on any atom is 0.331 e. The van der Waals surface area contributed by atoms with Crippen molar-refractivity contribution in [2.75, 3.05) is 6.61 Å². The second-order valence-corrected chi connectivity index (χ2v) is 8.68. The van der Waals surface area contributed by atoms with Crippen LogP contribution < -0.4 is 11.2 Å². The zero-order valence-corrected chi connectivity index (χ0v) is 18.1. The van der Waals surface area contributed by atoms with Gasteiger partial charge in [0.05, 0.1) is 34.9 Å². The summed E-state index contributed by atoms with van der Waals surface area (Å²) in [5, 5.41) is 3.35. The highest BCUT2D eigenvalue weighted by Gasteiger charge is 2.36. The second kappa shape index (κ2) is 6.78. The van der Waals surface area contributed by atoms with Gasteiger partial charge in [0.15, 0.2) is 6.10 Å². The van der Waals surface area contributed by atoms with Crippen molar-refractivity contribution in [1.82, 2.24) is 18.7 Å². The first-order valence-corrected chi connectivity index (χ1v) is 10.7. The molecule has 0 N–H and O–H groups in total. The molecule has 154 valence electrons. The Morgan fingerprint density at radius 1 is 1.13 bits per heavy atom. The lowest BCUT2D eigenvalue weighted by Crippen LogP contribution is -2.37. The van der Waals surface area contributed by atoms with Crippen molar-refractivity contribution < 1.29 is 4.74 Å². The molecular weight excluding hydrogens is 400 g/mol. The molecule has 0 amide bonds. The Bertz CT molecular complexity index is 1390. The SMILES string of the molecule is Cc1csc(C2OC[C@@H](C)n3c(-c4ccccc4)c4c(=O)n(C)c(=O)n(C)c4c32)n1. The number of thiazole rings is 1. The normalized spacial score (nSPS) is 18.7. The highest BCUT2D eigenvalue weighted by atomic mass is 32.1. The highest BCUT2D eigenvalue weighted by Crippen LogP contribution is 2.43. The Labute approximate surface area is 176 Å². The topological polar surface area (TPSA) is 71.0 Å². The van der Waals surface area contributed by atoms with E-state index in [0.29, 0.717) is 17.5 Å². The average Bonchev–Trinajstić information content (AvgIpc) is 3.34. The Morgan fingerprint density at radius 2 is 1.87 bits per heavy atom. The third-order valence-corrected chi connectivity index (χ3v) is 6.75. The number of hydrogen-bond acceptors (Lipinski definition) is 5. The van der Waals surface area contributed by atoms with Gasteiger partial charge in [0.2, 0.25) is 0 Å². The summed E-state index contributed by atoms with van der Waals surface area (Å²) in [7, 11) is 3.24. The van der Waals surface area contributed by atoms with Crippen molar-refractivity contribution in [2.45, 2.75) is 26.0 Å². The minimum Gasteiger partial charge on any atom is -0.363 e. The van der Waals surface area contributed by atoms with Gasteiger partial charge in [-0.3, -0.25) is 13.9 Å². The minimum atomic E-state index is -0.433. The van der Waals surface area contributed by atoms with E-state index in [4.69, 9.17) is 4.74 Å². The molecule has 0 saturated heterocycles. The van der Waals surface area contributed by atoms with Crippen LogP contribution in [0.2, 0.25) is 0 Å². The summed E-state index contributed by atoms with van der Waals surface area (Å²) < 4.78 is 11.1. The van der Waals surface area contributed by atoms with Gasteiger partial charge in [-0.15, -0.1) is 11.3 Å². The molecular formula is C22H22N4O3S. The Hall–Kier alpha value is -2.97. The summed E-state index contributed by atoms with van der Waals surface area (Å²) in [6.07, 6.45) is -0.433. The summed E-state index contributed by atoms with van der Waals surface area (Å²) in [6.45, 7) is 4.51. The number of hydrogen-bond donors (Lipinski definition) is 0. The standard InChI is InChI=1S/C22H22N4O3S/c1-12-11-30-20(23-12)19-18-17-15(21(27)25(4)22(28)24(17)3)16(14-8-6-5-7-9-14)26(18)13(2)10-29-19/h5-9,11,13,19H,10H2,1-4H3/t13-,19?/m1/s1. The lowest BCUT2D eigenvalue weighted by atomic mass is 10.1. The van der Waals surface area contributed by atoms with Crippen LogP contribution in [0, 0.1) is 6.92 Å². The van der Waals surface area contributed by atoms with E-state index >= 15 is 0 Å². The summed E-state index contributed by atoms with van der Waals surface area (Å²) in [6, 6.07) is 9.86. The molecule has 0 spiro atoms. The van der Waals surface area contributed by atoms with E-state index in [9.17, 15) is 9.59 Å². The van der Waals surface area contributed by atoms with Gasteiger partial charge < -0.3 is 9.30 Å². The molecule has 1 unspecified atom stereocenters. The predicted molar refractivity (Wildman–Crippen MR) is 117 cm³/mol. The maximum atomic E-state index is 13.3. The summed E-state index contributed by atoms with van der Waals surface area (Å²) in [4.78, 5) is 30.8. The van der Waals surface area contributed by atoms with Crippen LogP contribution in [0.25, 0.3) is 22.2 Å². The Morgan fingerprint density at radius 3 is 2.53 bits per heavy atom. The molecule has 7 nitrogen and oxygen atoms in total. The average molecular weight is 423 g/mol. The maximum absolute atomic E-state index is 13.3. The number of ether oxygens (including phenoxy) is 1. The van der Waals surface area contributed by atoms with E-state index in [0.717, 1.165) is 27.7 Å². The first-order valence-electron chi connectivity index (χ1n) is 9.83. The van der Waals surface area contributed by atoms with E-state index in [1.54, 1.807) is 11.6 Å². The molecule has 4 heterocycles. The first-order chi connectivity index (χ1) is 14.4. The van der Waals surface area contributed by atoms with Crippen molar-refractivity contribution in [3.05, 3.63) is 72.9 Å². The largest absolute Gasteiger partial charge is 0.363 e. The molecule has 0 aliphatic carbocycles. The van der Waals surface area contributed by atoms with E-state index < -0.39 is 6.10 Å². The zero-order chi connectivity index (χ0) is 21.2. The fourth-order valence-electron chi connectivity index (χ4n) is 4.37. The summed E-state index contributed by atoms with van der Waals surface area (Å²) >= 11 is 1.53. The number of aryl methyl sites for hydroxylation is 2. The molecule has 0 saturated carbocycles. The van der Waals surface area contributed by atoms with Gasteiger partial charge >= 0.3 is 5.69 Å². The number of rotatable bonds is 2. The van der Waals surface area contributed by atoms with Gasteiger partial charge in [0.1, 0.15) is 5.01 Å². The third kappa shape index (κ3) is 2.57. The van der Waals surface area contributed by atoms with Crippen LogP contribution in [0.3, 0.4) is 0 Å². The predicted octanol–water partition coefficient (Wildman–Crippen LogP) is 3.15. The van der Waals surface area contributed by atoms with Gasteiger partial charge in [-0.2, -0.15) is 0 Å². The van der Waals surface area contributed by atoms with Gasteiger partial charge in [-0.25, -0.2) is 9.78 Å². The first kappa shape index (κ1) is 19.0. The smallest absolute Gasteiger partial charge is 0.331 e. The Kier molecular flexibility index (Phi) is 4.30. The quantitative estimate of drug-likeness (QED) is 0.498. The zero-order valence-electron chi connectivity index (χ0n) is 17.2. The molecule has 30 heavy (non-hydrogen) atoms. The van der Waals surface area contributed by atoms with E-state index in [2.05, 4.69) is 16.5 Å². The lowest BCUT2D eigenvalue weighted by molar-refractivity contribution is 0.0293. The fourth-order valence-corrected chi connectivity index (χ4v) is 5.21. The van der Waals surface area contributed by atoms with Crippen molar-refractivity contribution >= 4 is 22.2 Å². The number of fused-ring (bicyclic) bond motifs is 3. The molecule has 8 heteroatoms. The molecule has 1 aliphatic heterocycles. The Balaban J connectivity index is 2.00. The van der Waals surface area contributed by atoms with Crippen molar-refractivity contribution in [3.63, 3.8) is 0 Å². The minimum absolute atomic E-state index is 0.000256. The van der Waals surface area contributed by atoms with Crippen LogP contribution in [-0.2, 0) is 18.8 Å².